The van der Waals surface area contributed by atoms with Crippen molar-refractivity contribution in [2.24, 2.45) is 0 Å². The Labute approximate surface area is 86.9 Å². The summed E-state index contributed by atoms with van der Waals surface area (Å²) < 4.78 is 26.7. The molecule has 0 spiro atoms. The number of aromatic carboxylic acids is 1. The van der Waals surface area contributed by atoms with E-state index >= 15 is 0 Å². The van der Waals surface area contributed by atoms with Crippen LogP contribution in [-0.4, -0.2) is 30.7 Å². The van der Waals surface area contributed by atoms with Gasteiger partial charge in [-0.05, 0) is 6.42 Å². The molecule has 0 unspecified atom stereocenters. The van der Waals surface area contributed by atoms with Crippen LogP contribution in [0.3, 0.4) is 0 Å². The monoisotopic (exact) mass is 233 g/mol. The molecule has 6 nitrogen and oxygen atoms in total. The number of nitrogens with zero attached hydrogens (tertiary/aromatic N) is 1. The van der Waals surface area contributed by atoms with Gasteiger partial charge in [0.05, 0.1) is 5.69 Å². The highest BCUT2D eigenvalue weighted by Crippen LogP contribution is 2.13. The van der Waals surface area contributed by atoms with Crippen LogP contribution in [0.25, 0.3) is 0 Å². The third-order valence-corrected chi connectivity index (χ3v) is 2.43. The van der Waals surface area contributed by atoms with Crippen LogP contribution < -0.4 is 0 Å². The van der Waals surface area contributed by atoms with Crippen LogP contribution in [0.15, 0.2) is 4.42 Å². The number of rotatable bonds is 4. The van der Waals surface area contributed by atoms with E-state index in [0.29, 0.717) is 6.42 Å². The predicted octanol–water partition coefficient (Wildman–Crippen LogP) is 0.480. The molecule has 0 radical (unpaired) electrons. The maximum absolute atomic E-state index is 10.9. The number of aromatic nitrogens is 1. The van der Waals surface area contributed by atoms with Crippen LogP contribution in [0.2, 0.25) is 0 Å². The summed E-state index contributed by atoms with van der Waals surface area (Å²) in [6.45, 7) is 1.72. The highest BCUT2D eigenvalue weighted by molar-refractivity contribution is 7.89. The van der Waals surface area contributed by atoms with Gasteiger partial charge in [0.15, 0.2) is 9.84 Å². The van der Waals surface area contributed by atoms with Crippen LogP contribution >= 0.6 is 0 Å². The first-order valence-electron chi connectivity index (χ1n) is 4.23. The molecule has 1 aromatic heterocycles. The number of hydrogen-bond acceptors (Lipinski definition) is 5. The zero-order valence-electron chi connectivity index (χ0n) is 8.35. The smallest absolute Gasteiger partial charge is 0.373 e. The average molecular weight is 233 g/mol. The minimum Gasteiger partial charge on any atom is -0.475 e. The van der Waals surface area contributed by atoms with E-state index in [4.69, 9.17) is 9.52 Å². The summed E-state index contributed by atoms with van der Waals surface area (Å²) in [5.41, 5.74) is 0.265. The van der Waals surface area contributed by atoms with Crippen LogP contribution in [0.1, 0.15) is 29.1 Å². The van der Waals surface area contributed by atoms with Crippen molar-refractivity contribution in [1.29, 1.82) is 0 Å². The lowest BCUT2D eigenvalue weighted by molar-refractivity contribution is 0.0659. The lowest BCUT2D eigenvalue weighted by Crippen LogP contribution is -2.00. The molecule has 1 aromatic rings. The van der Waals surface area contributed by atoms with Crippen molar-refractivity contribution in [3.8, 4) is 0 Å². The largest absolute Gasteiger partial charge is 0.475 e. The minimum atomic E-state index is -3.26. The maximum atomic E-state index is 10.9. The molecule has 0 aliphatic heterocycles. The molecule has 1 rings (SSSR count). The van der Waals surface area contributed by atoms with E-state index in [2.05, 4.69) is 4.98 Å². The molecule has 84 valence electrons. The summed E-state index contributed by atoms with van der Waals surface area (Å²) in [5.74, 6) is -1.98. The third kappa shape index (κ3) is 3.05. The molecule has 0 bridgehead atoms. The van der Waals surface area contributed by atoms with Crippen molar-refractivity contribution >= 4 is 15.8 Å². The molecule has 0 amide bonds. The topological polar surface area (TPSA) is 97.5 Å². The normalized spacial score (nSPS) is 11.6. The Hall–Kier alpha value is -1.37. The first kappa shape index (κ1) is 11.7. The molecule has 1 N–H and O–H groups in total. The average Bonchev–Trinajstić information content (AvgIpc) is 2.44. The fourth-order valence-electron chi connectivity index (χ4n) is 1.09. The van der Waals surface area contributed by atoms with Crippen molar-refractivity contribution in [1.82, 2.24) is 4.98 Å². The van der Waals surface area contributed by atoms with Crippen molar-refractivity contribution < 1.29 is 22.7 Å². The SMILES string of the molecule is CCc1nc(CS(C)(=O)=O)oc1C(=O)O. The zero-order chi connectivity index (χ0) is 11.6. The van der Waals surface area contributed by atoms with E-state index in [-0.39, 0.29) is 23.1 Å². The fraction of sp³-hybridized carbons (Fsp3) is 0.500. The molecule has 15 heavy (non-hydrogen) atoms. The Morgan fingerprint density at radius 2 is 2.13 bits per heavy atom. The number of carboxylic acids is 1. The fourth-order valence-corrected chi connectivity index (χ4v) is 1.67. The first-order chi connectivity index (χ1) is 6.83. The predicted molar refractivity (Wildman–Crippen MR) is 51.4 cm³/mol. The molecule has 0 aromatic carbocycles. The van der Waals surface area contributed by atoms with Crippen LogP contribution in [0.4, 0.5) is 0 Å². The Kier molecular flexibility index (Phi) is 3.13. The van der Waals surface area contributed by atoms with E-state index < -0.39 is 15.8 Å². The van der Waals surface area contributed by atoms with Gasteiger partial charge in [0.2, 0.25) is 11.7 Å². The molecule has 7 heteroatoms. The van der Waals surface area contributed by atoms with Crippen LogP contribution in [0.5, 0.6) is 0 Å². The second-order valence-electron chi connectivity index (χ2n) is 3.11. The third-order valence-electron chi connectivity index (χ3n) is 1.66. The molecule has 0 aliphatic carbocycles. The quantitative estimate of drug-likeness (QED) is 0.812. The summed E-state index contributed by atoms with van der Waals surface area (Å²) in [4.78, 5) is 14.5. The van der Waals surface area contributed by atoms with Gasteiger partial charge in [-0.2, -0.15) is 0 Å². The van der Waals surface area contributed by atoms with E-state index in [1.807, 2.05) is 0 Å². The number of carboxylic acid groups (broad SMARTS) is 1. The molecule has 0 atom stereocenters. The number of hydrogen-bond donors (Lipinski definition) is 1. The van der Waals surface area contributed by atoms with E-state index in [0.717, 1.165) is 6.26 Å². The Morgan fingerprint density at radius 3 is 2.47 bits per heavy atom. The molecule has 0 aliphatic rings. The zero-order valence-corrected chi connectivity index (χ0v) is 9.17. The van der Waals surface area contributed by atoms with E-state index in [1.54, 1.807) is 6.92 Å². The summed E-state index contributed by atoms with van der Waals surface area (Å²) in [6.07, 6.45) is 1.41. The van der Waals surface area contributed by atoms with Crippen molar-refractivity contribution in [2.75, 3.05) is 6.26 Å². The van der Waals surface area contributed by atoms with Crippen molar-refractivity contribution in [2.45, 2.75) is 19.1 Å². The van der Waals surface area contributed by atoms with Gasteiger partial charge in [0.1, 0.15) is 5.75 Å². The van der Waals surface area contributed by atoms with Gasteiger partial charge < -0.3 is 9.52 Å². The lowest BCUT2D eigenvalue weighted by Gasteiger charge is -1.90. The van der Waals surface area contributed by atoms with E-state index in [9.17, 15) is 13.2 Å². The second-order valence-corrected chi connectivity index (χ2v) is 5.25. The molecular formula is C8H11NO5S. The molecular weight excluding hydrogens is 222 g/mol. The van der Waals surface area contributed by atoms with E-state index in [1.165, 1.54) is 0 Å². The van der Waals surface area contributed by atoms with Gasteiger partial charge in [-0.15, -0.1) is 0 Å². The summed E-state index contributed by atoms with van der Waals surface area (Å²) in [7, 11) is -3.26. The summed E-state index contributed by atoms with van der Waals surface area (Å²) in [5, 5.41) is 8.73. The number of sulfone groups is 1. The molecule has 0 saturated carbocycles. The number of carbonyl (C=O) groups is 1. The lowest BCUT2D eigenvalue weighted by atomic mass is 10.3. The van der Waals surface area contributed by atoms with Gasteiger partial charge in [0.25, 0.3) is 0 Å². The molecule has 1 heterocycles. The highest BCUT2D eigenvalue weighted by atomic mass is 32.2. The van der Waals surface area contributed by atoms with Gasteiger partial charge in [-0.1, -0.05) is 6.92 Å². The van der Waals surface area contributed by atoms with Crippen LogP contribution in [-0.2, 0) is 22.0 Å². The number of oxazole rings is 1. The molecule has 0 saturated heterocycles. The first-order valence-corrected chi connectivity index (χ1v) is 6.29. The van der Waals surface area contributed by atoms with Gasteiger partial charge in [0, 0.05) is 6.26 Å². The van der Waals surface area contributed by atoms with Gasteiger partial charge in [-0.25, -0.2) is 18.2 Å². The van der Waals surface area contributed by atoms with Gasteiger partial charge in [-0.3, -0.25) is 0 Å². The van der Waals surface area contributed by atoms with Crippen molar-refractivity contribution in [3.63, 3.8) is 0 Å². The summed E-state index contributed by atoms with van der Waals surface area (Å²) in [6, 6.07) is 0. The summed E-state index contributed by atoms with van der Waals surface area (Å²) >= 11 is 0. The van der Waals surface area contributed by atoms with Crippen molar-refractivity contribution in [3.05, 3.63) is 17.3 Å². The highest BCUT2D eigenvalue weighted by Gasteiger charge is 2.20. The Bertz CT molecular complexity index is 473. The van der Waals surface area contributed by atoms with Gasteiger partial charge >= 0.3 is 5.97 Å². The Balaban J connectivity index is 3.08. The molecule has 0 fully saturated rings. The second kappa shape index (κ2) is 4.01. The standard InChI is InChI=1S/C8H11NO5S/c1-3-5-7(8(10)11)14-6(9-5)4-15(2,12)13/h3-4H2,1-2H3,(H,10,11). The number of aryl methyl sites for hydroxylation is 1. The minimum absolute atomic E-state index is 0.0771. The maximum Gasteiger partial charge on any atom is 0.373 e. The van der Waals surface area contributed by atoms with Crippen LogP contribution in [0, 0.1) is 0 Å². The Morgan fingerprint density at radius 1 is 1.53 bits per heavy atom.